The third kappa shape index (κ3) is 2.99. The van der Waals surface area contributed by atoms with Gasteiger partial charge in [-0.25, -0.2) is 0 Å². The van der Waals surface area contributed by atoms with Gasteiger partial charge in [-0.15, -0.1) is 0 Å². The summed E-state index contributed by atoms with van der Waals surface area (Å²) < 4.78 is 1.80. The molecular formula is C14H23N3O. The number of Topliss-reactive ketones (excluding diaryl/α,β-unsaturated/α-hetero) is 1. The van der Waals surface area contributed by atoms with Crippen LogP contribution in [0.3, 0.4) is 0 Å². The molecule has 1 aromatic heterocycles. The number of aryl methyl sites for hydroxylation is 1. The van der Waals surface area contributed by atoms with Crippen LogP contribution in [0.5, 0.6) is 0 Å². The van der Waals surface area contributed by atoms with Crippen LogP contribution in [0.2, 0.25) is 0 Å². The summed E-state index contributed by atoms with van der Waals surface area (Å²) in [6, 6.07) is 1.81. The smallest absolute Gasteiger partial charge is 0.182 e. The minimum absolute atomic E-state index is 0.144. The molecule has 0 saturated heterocycles. The first-order valence-corrected chi connectivity index (χ1v) is 6.98. The van der Waals surface area contributed by atoms with Crippen LogP contribution in [0.4, 0.5) is 0 Å². The highest BCUT2D eigenvalue weighted by molar-refractivity contribution is 5.95. The standard InChI is InChI=1S/C14H23N3O/c1-2-10-17-12(6-9-16-17)13(18)11-14(15)7-4-3-5-8-14/h6,9H,2-5,7-8,10-11,15H2,1H3. The molecule has 0 amide bonds. The Kier molecular flexibility index (Phi) is 4.17. The normalized spacial score (nSPS) is 18.8. The van der Waals surface area contributed by atoms with Gasteiger partial charge in [0.2, 0.25) is 0 Å². The Morgan fingerprint density at radius 1 is 1.44 bits per heavy atom. The molecule has 18 heavy (non-hydrogen) atoms. The van der Waals surface area contributed by atoms with E-state index in [2.05, 4.69) is 12.0 Å². The molecule has 0 bridgehead atoms. The van der Waals surface area contributed by atoms with Crippen molar-refractivity contribution in [2.75, 3.05) is 0 Å². The number of rotatable bonds is 5. The molecule has 2 N–H and O–H groups in total. The average molecular weight is 249 g/mol. The van der Waals surface area contributed by atoms with Crippen molar-refractivity contribution in [3.05, 3.63) is 18.0 Å². The zero-order chi connectivity index (χ0) is 13.0. The van der Waals surface area contributed by atoms with E-state index in [4.69, 9.17) is 5.73 Å². The first-order valence-electron chi connectivity index (χ1n) is 6.98. The molecule has 0 spiro atoms. The minimum Gasteiger partial charge on any atom is -0.325 e. The molecule has 0 atom stereocenters. The Hall–Kier alpha value is -1.16. The minimum atomic E-state index is -0.281. The molecule has 0 aromatic carbocycles. The maximum atomic E-state index is 12.3. The van der Waals surface area contributed by atoms with E-state index < -0.39 is 0 Å². The Labute approximate surface area is 109 Å². The first-order chi connectivity index (χ1) is 8.64. The van der Waals surface area contributed by atoms with Crippen molar-refractivity contribution in [1.29, 1.82) is 0 Å². The van der Waals surface area contributed by atoms with Gasteiger partial charge in [-0.1, -0.05) is 26.2 Å². The third-order valence-electron chi connectivity index (χ3n) is 3.80. The van der Waals surface area contributed by atoms with Gasteiger partial charge in [0.25, 0.3) is 0 Å². The lowest BCUT2D eigenvalue weighted by molar-refractivity contribution is 0.0923. The lowest BCUT2D eigenvalue weighted by Crippen LogP contribution is -2.43. The number of aromatic nitrogens is 2. The zero-order valence-electron chi connectivity index (χ0n) is 11.2. The molecule has 1 aliphatic carbocycles. The summed E-state index contributed by atoms with van der Waals surface area (Å²) in [4.78, 5) is 12.3. The SMILES string of the molecule is CCCn1nccc1C(=O)CC1(N)CCCCC1. The Morgan fingerprint density at radius 3 is 2.83 bits per heavy atom. The van der Waals surface area contributed by atoms with Crippen LogP contribution >= 0.6 is 0 Å². The monoisotopic (exact) mass is 249 g/mol. The van der Waals surface area contributed by atoms with Gasteiger partial charge in [-0.3, -0.25) is 9.48 Å². The highest BCUT2D eigenvalue weighted by Gasteiger charge is 2.31. The van der Waals surface area contributed by atoms with Crippen LogP contribution < -0.4 is 5.73 Å². The lowest BCUT2D eigenvalue weighted by Gasteiger charge is -2.32. The van der Waals surface area contributed by atoms with Crippen LogP contribution in [0, 0.1) is 0 Å². The second-order valence-electron chi connectivity index (χ2n) is 5.46. The van der Waals surface area contributed by atoms with E-state index in [1.807, 2.05) is 6.07 Å². The van der Waals surface area contributed by atoms with Crippen molar-refractivity contribution in [3.8, 4) is 0 Å². The molecule has 1 heterocycles. The van der Waals surface area contributed by atoms with Gasteiger partial charge >= 0.3 is 0 Å². The maximum Gasteiger partial charge on any atom is 0.182 e. The number of nitrogens with two attached hydrogens (primary N) is 1. The fourth-order valence-corrected chi connectivity index (χ4v) is 2.80. The molecule has 2 rings (SSSR count). The Bertz CT molecular complexity index is 405. The van der Waals surface area contributed by atoms with Crippen LogP contribution in [-0.4, -0.2) is 21.1 Å². The van der Waals surface area contributed by atoms with Crippen molar-refractivity contribution in [1.82, 2.24) is 9.78 Å². The Morgan fingerprint density at radius 2 is 2.17 bits per heavy atom. The van der Waals surface area contributed by atoms with E-state index in [1.54, 1.807) is 10.9 Å². The number of ketones is 1. The molecule has 1 aromatic rings. The van der Waals surface area contributed by atoms with Gasteiger partial charge in [0.15, 0.2) is 5.78 Å². The largest absolute Gasteiger partial charge is 0.325 e. The molecule has 4 heteroatoms. The van der Waals surface area contributed by atoms with E-state index in [9.17, 15) is 4.79 Å². The molecule has 4 nitrogen and oxygen atoms in total. The van der Waals surface area contributed by atoms with E-state index in [0.29, 0.717) is 12.1 Å². The summed E-state index contributed by atoms with van der Waals surface area (Å²) in [5, 5.41) is 4.20. The van der Waals surface area contributed by atoms with Crippen molar-refractivity contribution in [2.45, 2.75) is 64.0 Å². The second-order valence-corrected chi connectivity index (χ2v) is 5.46. The molecule has 0 unspecified atom stereocenters. The van der Waals surface area contributed by atoms with Crippen LogP contribution in [-0.2, 0) is 6.54 Å². The summed E-state index contributed by atoms with van der Waals surface area (Å²) >= 11 is 0. The van der Waals surface area contributed by atoms with Crippen LogP contribution in [0.15, 0.2) is 12.3 Å². The van der Waals surface area contributed by atoms with Gasteiger partial charge < -0.3 is 5.73 Å². The molecule has 0 radical (unpaired) electrons. The number of carbonyl (C=O) groups is 1. The summed E-state index contributed by atoms with van der Waals surface area (Å²) in [7, 11) is 0. The topological polar surface area (TPSA) is 60.9 Å². The van der Waals surface area contributed by atoms with Crippen LogP contribution in [0.1, 0.15) is 62.4 Å². The fraction of sp³-hybridized carbons (Fsp3) is 0.714. The van der Waals surface area contributed by atoms with E-state index in [1.165, 1.54) is 6.42 Å². The van der Waals surface area contributed by atoms with Crippen molar-refractivity contribution < 1.29 is 4.79 Å². The molecule has 1 saturated carbocycles. The number of hydrogen-bond acceptors (Lipinski definition) is 3. The van der Waals surface area contributed by atoms with Gasteiger partial charge in [0.05, 0.1) is 0 Å². The molecule has 100 valence electrons. The van der Waals surface area contributed by atoms with Crippen molar-refractivity contribution in [3.63, 3.8) is 0 Å². The van der Waals surface area contributed by atoms with Gasteiger partial charge in [-0.05, 0) is 25.3 Å². The van der Waals surface area contributed by atoms with Crippen LogP contribution in [0.25, 0.3) is 0 Å². The number of hydrogen-bond donors (Lipinski definition) is 1. The maximum absolute atomic E-state index is 12.3. The molecular weight excluding hydrogens is 226 g/mol. The van der Waals surface area contributed by atoms with Gasteiger partial charge in [0.1, 0.15) is 5.69 Å². The molecule has 1 aliphatic rings. The number of nitrogens with zero attached hydrogens (tertiary/aromatic N) is 2. The molecule has 1 fully saturated rings. The fourth-order valence-electron chi connectivity index (χ4n) is 2.80. The summed E-state index contributed by atoms with van der Waals surface area (Å²) in [5.41, 5.74) is 6.77. The quantitative estimate of drug-likeness (QED) is 0.816. The summed E-state index contributed by atoms with van der Waals surface area (Å²) in [5.74, 6) is 0.144. The lowest BCUT2D eigenvalue weighted by atomic mass is 9.79. The Balaban J connectivity index is 2.04. The third-order valence-corrected chi connectivity index (χ3v) is 3.80. The average Bonchev–Trinajstić information content (AvgIpc) is 2.78. The van der Waals surface area contributed by atoms with Crippen molar-refractivity contribution >= 4 is 5.78 Å². The second kappa shape index (κ2) is 5.65. The highest BCUT2D eigenvalue weighted by atomic mass is 16.1. The summed E-state index contributed by atoms with van der Waals surface area (Å²) in [6.45, 7) is 2.88. The first kappa shape index (κ1) is 13.3. The van der Waals surface area contributed by atoms with Crippen molar-refractivity contribution in [2.24, 2.45) is 5.73 Å². The number of carbonyl (C=O) groups excluding carboxylic acids is 1. The zero-order valence-corrected chi connectivity index (χ0v) is 11.2. The van der Waals surface area contributed by atoms with E-state index in [0.717, 1.165) is 38.6 Å². The van der Waals surface area contributed by atoms with E-state index >= 15 is 0 Å². The van der Waals surface area contributed by atoms with E-state index in [-0.39, 0.29) is 11.3 Å². The predicted octanol–water partition coefficient (Wildman–Crippen LogP) is 2.53. The molecule has 0 aliphatic heterocycles. The summed E-state index contributed by atoms with van der Waals surface area (Å²) in [6.07, 6.45) is 8.64. The highest BCUT2D eigenvalue weighted by Crippen LogP contribution is 2.29. The van der Waals surface area contributed by atoms with Gasteiger partial charge in [0, 0.05) is 24.7 Å². The predicted molar refractivity (Wildman–Crippen MR) is 71.5 cm³/mol. The van der Waals surface area contributed by atoms with Gasteiger partial charge in [-0.2, -0.15) is 5.10 Å².